The number of thioether (sulfide) groups is 1. The normalized spacial score (nSPS) is 14.4. The van der Waals surface area contributed by atoms with Gasteiger partial charge >= 0.3 is 0 Å². The highest BCUT2D eigenvalue weighted by molar-refractivity contribution is 8.13. The van der Waals surface area contributed by atoms with Crippen LogP contribution < -0.4 is 0 Å². The summed E-state index contributed by atoms with van der Waals surface area (Å²) in [5.41, 5.74) is 0. The van der Waals surface area contributed by atoms with Crippen molar-refractivity contribution in [2.24, 2.45) is 5.92 Å². The Bertz CT molecular complexity index is 324. The molecule has 3 heteroatoms. The van der Waals surface area contributed by atoms with E-state index in [-0.39, 0.29) is 11.0 Å². The molecule has 1 aromatic rings. The third-order valence-electron chi connectivity index (χ3n) is 2.50. The van der Waals surface area contributed by atoms with Crippen LogP contribution in [0.3, 0.4) is 0 Å². The second-order valence-corrected chi connectivity index (χ2v) is 4.96. The molecule has 0 aliphatic rings. The molecule has 16 heavy (non-hydrogen) atoms. The number of hydrogen-bond acceptors (Lipinski definition) is 3. The zero-order valence-electron chi connectivity index (χ0n) is 9.72. The summed E-state index contributed by atoms with van der Waals surface area (Å²) in [6, 6.07) is 9.54. The molecule has 0 aliphatic carbocycles. The van der Waals surface area contributed by atoms with Crippen molar-refractivity contribution >= 4 is 16.9 Å². The number of benzene rings is 1. The molecule has 0 spiro atoms. The van der Waals surface area contributed by atoms with Crippen molar-refractivity contribution in [2.75, 3.05) is 0 Å². The number of rotatable bonds is 5. The molecule has 0 aliphatic heterocycles. The summed E-state index contributed by atoms with van der Waals surface area (Å²) >= 11 is 1.21. The number of carbonyl (C=O) groups is 1. The zero-order valence-corrected chi connectivity index (χ0v) is 10.5. The van der Waals surface area contributed by atoms with Gasteiger partial charge in [0.25, 0.3) is 0 Å². The summed E-state index contributed by atoms with van der Waals surface area (Å²) in [5.74, 6) is -0.301. The Hall–Kier alpha value is -0.800. The number of aliphatic hydroxyl groups excluding tert-OH is 1. The van der Waals surface area contributed by atoms with Crippen molar-refractivity contribution in [2.45, 2.75) is 37.7 Å². The predicted molar refractivity (Wildman–Crippen MR) is 67.4 cm³/mol. The van der Waals surface area contributed by atoms with Crippen LogP contribution in [0.5, 0.6) is 0 Å². The molecule has 0 saturated carbocycles. The maximum Gasteiger partial charge on any atom is 0.199 e. The average Bonchev–Trinajstić information content (AvgIpc) is 2.29. The fourth-order valence-corrected chi connectivity index (χ4v) is 2.27. The maximum absolute atomic E-state index is 11.8. The van der Waals surface area contributed by atoms with E-state index in [1.54, 1.807) is 6.92 Å². The number of hydrogen-bond donors (Lipinski definition) is 1. The molecular weight excluding hydrogens is 220 g/mol. The standard InChI is InChI=1S/C13H18O2S/c1-3-7-12(14)10(2)13(15)16-11-8-5-4-6-9-11/h4-6,8-10,12,14H,3,7H2,1-2H3/t10-,12+/m1/s1. The highest BCUT2D eigenvalue weighted by Gasteiger charge is 2.21. The van der Waals surface area contributed by atoms with Gasteiger partial charge in [0.05, 0.1) is 12.0 Å². The molecule has 0 heterocycles. The Morgan fingerprint density at radius 1 is 1.38 bits per heavy atom. The van der Waals surface area contributed by atoms with Gasteiger partial charge in [0.15, 0.2) is 5.12 Å². The van der Waals surface area contributed by atoms with Crippen LogP contribution in [-0.2, 0) is 4.79 Å². The molecule has 1 aromatic carbocycles. The van der Waals surface area contributed by atoms with E-state index < -0.39 is 6.10 Å². The van der Waals surface area contributed by atoms with Crippen molar-refractivity contribution < 1.29 is 9.90 Å². The molecule has 2 atom stereocenters. The molecule has 88 valence electrons. The van der Waals surface area contributed by atoms with Crippen LogP contribution in [0.15, 0.2) is 35.2 Å². The Labute approximate surface area is 101 Å². The van der Waals surface area contributed by atoms with Crippen molar-refractivity contribution in [3.05, 3.63) is 30.3 Å². The van der Waals surface area contributed by atoms with Gasteiger partial charge < -0.3 is 5.11 Å². The van der Waals surface area contributed by atoms with Gasteiger partial charge in [0, 0.05) is 4.90 Å². The zero-order chi connectivity index (χ0) is 12.0. The minimum Gasteiger partial charge on any atom is -0.392 e. The van der Waals surface area contributed by atoms with Gasteiger partial charge in [0.2, 0.25) is 0 Å². The van der Waals surface area contributed by atoms with Crippen molar-refractivity contribution in [1.82, 2.24) is 0 Å². The lowest BCUT2D eigenvalue weighted by atomic mass is 10.0. The van der Waals surface area contributed by atoms with Gasteiger partial charge in [-0.05, 0) is 18.6 Å². The molecule has 0 fully saturated rings. The van der Waals surface area contributed by atoms with E-state index in [0.29, 0.717) is 6.42 Å². The number of carbonyl (C=O) groups excluding carboxylic acids is 1. The molecule has 0 saturated heterocycles. The largest absolute Gasteiger partial charge is 0.392 e. The van der Waals surface area contributed by atoms with Crippen LogP contribution in [0.4, 0.5) is 0 Å². The van der Waals surface area contributed by atoms with Gasteiger partial charge in [-0.25, -0.2) is 0 Å². The lowest BCUT2D eigenvalue weighted by Crippen LogP contribution is -2.23. The first-order chi connectivity index (χ1) is 7.65. The smallest absolute Gasteiger partial charge is 0.199 e. The summed E-state index contributed by atoms with van der Waals surface area (Å²) in [5, 5.41) is 9.77. The van der Waals surface area contributed by atoms with E-state index >= 15 is 0 Å². The van der Waals surface area contributed by atoms with Gasteiger partial charge in [-0.1, -0.05) is 50.2 Å². The minimum absolute atomic E-state index is 0.0344. The molecule has 0 amide bonds. The van der Waals surface area contributed by atoms with Crippen LogP contribution in [0, 0.1) is 5.92 Å². The third kappa shape index (κ3) is 3.99. The Morgan fingerprint density at radius 2 is 2.00 bits per heavy atom. The predicted octanol–water partition coefficient (Wildman–Crippen LogP) is 3.10. The van der Waals surface area contributed by atoms with Gasteiger partial charge in [-0.15, -0.1) is 0 Å². The quantitative estimate of drug-likeness (QED) is 0.801. The van der Waals surface area contributed by atoms with Gasteiger partial charge in [0.1, 0.15) is 0 Å². The summed E-state index contributed by atoms with van der Waals surface area (Å²) in [7, 11) is 0. The SMILES string of the molecule is CCC[C@H](O)[C@@H](C)C(=O)Sc1ccccc1. The van der Waals surface area contributed by atoms with E-state index in [1.165, 1.54) is 11.8 Å². The topological polar surface area (TPSA) is 37.3 Å². The summed E-state index contributed by atoms with van der Waals surface area (Å²) in [6.07, 6.45) is 1.06. The second-order valence-electron chi connectivity index (χ2n) is 3.88. The first-order valence-electron chi connectivity index (χ1n) is 5.60. The first-order valence-corrected chi connectivity index (χ1v) is 6.41. The monoisotopic (exact) mass is 238 g/mol. The van der Waals surface area contributed by atoms with E-state index in [2.05, 4.69) is 0 Å². The van der Waals surface area contributed by atoms with E-state index in [4.69, 9.17) is 0 Å². The molecular formula is C13H18O2S. The fraction of sp³-hybridized carbons (Fsp3) is 0.462. The summed E-state index contributed by atoms with van der Waals surface area (Å²) in [4.78, 5) is 12.8. The van der Waals surface area contributed by atoms with E-state index in [9.17, 15) is 9.90 Å². The van der Waals surface area contributed by atoms with Crippen molar-refractivity contribution in [1.29, 1.82) is 0 Å². The fourth-order valence-electron chi connectivity index (χ4n) is 1.40. The van der Waals surface area contributed by atoms with E-state index in [0.717, 1.165) is 11.3 Å². The van der Waals surface area contributed by atoms with Gasteiger partial charge in [-0.3, -0.25) is 4.79 Å². The van der Waals surface area contributed by atoms with Crippen LogP contribution >= 0.6 is 11.8 Å². The Morgan fingerprint density at radius 3 is 2.56 bits per heavy atom. The first kappa shape index (κ1) is 13.3. The molecule has 0 aromatic heterocycles. The average molecular weight is 238 g/mol. The van der Waals surface area contributed by atoms with Gasteiger partial charge in [-0.2, -0.15) is 0 Å². The lowest BCUT2D eigenvalue weighted by molar-refractivity contribution is -0.117. The van der Waals surface area contributed by atoms with Crippen LogP contribution in [0.2, 0.25) is 0 Å². The molecule has 1 rings (SSSR count). The van der Waals surface area contributed by atoms with Crippen molar-refractivity contribution in [3.8, 4) is 0 Å². The molecule has 1 N–H and O–H groups in total. The summed E-state index contributed by atoms with van der Waals surface area (Å²) < 4.78 is 0. The molecule has 0 unspecified atom stereocenters. The molecule has 0 bridgehead atoms. The third-order valence-corrected chi connectivity index (χ3v) is 3.58. The van der Waals surface area contributed by atoms with Crippen LogP contribution in [0.1, 0.15) is 26.7 Å². The highest BCUT2D eigenvalue weighted by Crippen LogP contribution is 2.24. The lowest BCUT2D eigenvalue weighted by Gasteiger charge is -2.16. The molecule has 2 nitrogen and oxygen atoms in total. The maximum atomic E-state index is 11.8. The number of aliphatic hydroxyl groups is 1. The van der Waals surface area contributed by atoms with Crippen molar-refractivity contribution in [3.63, 3.8) is 0 Å². The Balaban J connectivity index is 2.52. The van der Waals surface area contributed by atoms with Crippen LogP contribution in [0.25, 0.3) is 0 Å². The minimum atomic E-state index is -0.520. The molecule has 0 radical (unpaired) electrons. The highest BCUT2D eigenvalue weighted by atomic mass is 32.2. The Kier molecular flexibility index (Phi) is 5.56. The van der Waals surface area contributed by atoms with Crippen LogP contribution in [-0.4, -0.2) is 16.3 Å². The second kappa shape index (κ2) is 6.71. The summed E-state index contributed by atoms with van der Waals surface area (Å²) in [6.45, 7) is 3.79. The van der Waals surface area contributed by atoms with E-state index in [1.807, 2.05) is 37.3 Å².